The quantitative estimate of drug-likeness (QED) is 0.452. The molecule has 1 aliphatic rings. The van der Waals surface area contributed by atoms with Gasteiger partial charge in [0, 0.05) is 23.8 Å². The highest BCUT2D eigenvalue weighted by Crippen LogP contribution is 2.47. The van der Waals surface area contributed by atoms with Crippen molar-refractivity contribution < 1.29 is 15.0 Å². The second-order valence-electron chi connectivity index (χ2n) is 9.39. The van der Waals surface area contributed by atoms with Crippen LogP contribution < -0.4 is 5.32 Å². The van der Waals surface area contributed by atoms with E-state index < -0.39 is 17.5 Å². The van der Waals surface area contributed by atoms with Gasteiger partial charge in [0.2, 0.25) is 5.95 Å². The van der Waals surface area contributed by atoms with Crippen molar-refractivity contribution in [2.75, 3.05) is 5.32 Å². The average Bonchev–Trinajstić information content (AvgIpc) is 3.24. The molecule has 1 fully saturated rings. The van der Waals surface area contributed by atoms with Crippen molar-refractivity contribution in [2.24, 2.45) is 17.8 Å². The van der Waals surface area contributed by atoms with E-state index in [1.165, 1.54) is 11.3 Å². The Hall–Kier alpha value is -2.84. The number of hydrogen-bond donors (Lipinski definition) is 3. The summed E-state index contributed by atoms with van der Waals surface area (Å²) in [6.45, 7) is 8.01. The van der Waals surface area contributed by atoms with Crippen LogP contribution in [0.15, 0.2) is 36.7 Å². The van der Waals surface area contributed by atoms with E-state index in [4.69, 9.17) is 0 Å². The normalized spacial score (nSPS) is 23.0. The highest BCUT2D eigenvalue weighted by Gasteiger charge is 2.45. The molecular formula is C25H30N4O3S. The van der Waals surface area contributed by atoms with Crippen LogP contribution in [-0.4, -0.2) is 31.1 Å². The van der Waals surface area contributed by atoms with E-state index in [1.54, 1.807) is 12.4 Å². The summed E-state index contributed by atoms with van der Waals surface area (Å²) in [4.78, 5) is 25.9. The molecule has 174 valence electrons. The van der Waals surface area contributed by atoms with Gasteiger partial charge in [-0.1, -0.05) is 19.9 Å². The minimum atomic E-state index is -1.09. The fourth-order valence-electron chi connectivity index (χ4n) is 4.70. The van der Waals surface area contributed by atoms with E-state index in [9.17, 15) is 15.0 Å². The van der Waals surface area contributed by atoms with Crippen molar-refractivity contribution in [2.45, 2.75) is 52.6 Å². The number of carbonyl (C=O) groups is 1. The molecule has 2 heterocycles. The third-order valence-electron chi connectivity index (χ3n) is 6.45. The molecule has 0 radical (unpaired) electrons. The molecule has 3 atom stereocenters. The molecule has 3 aromatic rings. The number of thiazole rings is 1. The molecule has 0 bridgehead atoms. The summed E-state index contributed by atoms with van der Waals surface area (Å²) < 4.78 is 0. The molecule has 1 aromatic carbocycles. The molecule has 0 unspecified atom stereocenters. The van der Waals surface area contributed by atoms with Gasteiger partial charge in [0.25, 0.3) is 0 Å². The van der Waals surface area contributed by atoms with Crippen molar-refractivity contribution in [3.05, 3.63) is 52.9 Å². The van der Waals surface area contributed by atoms with Crippen LogP contribution in [0.1, 0.15) is 49.4 Å². The second-order valence-corrected chi connectivity index (χ2v) is 10.4. The number of carboxylic acid groups (broad SMARTS) is 1. The Bertz CT molecular complexity index is 1160. The number of aryl methyl sites for hydroxylation is 2. The summed E-state index contributed by atoms with van der Waals surface area (Å²) in [5.74, 6) is -0.558. The molecule has 4 rings (SSSR count). The van der Waals surface area contributed by atoms with E-state index in [0.717, 1.165) is 27.4 Å². The summed E-state index contributed by atoms with van der Waals surface area (Å²) in [7, 11) is 0. The number of anilines is 2. The summed E-state index contributed by atoms with van der Waals surface area (Å²) >= 11 is 1.47. The Morgan fingerprint density at radius 2 is 2.03 bits per heavy atom. The molecule has 0 aliphatic heterocycles. The number of aliphatic hydroxyl groups is 1. The lowest BCUT2D eigenvalue weighted by atomic mass is 9.67. The molecule has 0 saturated heterocycles. The molecule has 1 saturated carbocycles. The zero-order chi connectivity index (χ0) is 23.8. The number of aromatic nitrogens is 3. The number of aliphatic carboxylic acids is 1. The highest BCUT2D eigenvalue weighted by atomic mass is 32.1. The van der Waals surface area contributed by atoms with Gasteiger partial charge in [0.1, 0.15) is 10.6 Å². The molecule has 2 aromatic heterocycles. The van der Waals surface area contributed by atoms with Crippen molar-refractivity contribution >= 4 is 28.9 Å². The zero-order valence-electron chi connectivity index (χ0n) is 19.4. The van der Waals surface area contributed by atoms with Gasteiger partial charge in [-0.2, -0.15) is 0 Å². The van der Waals surface area contributed by atoms with Gasteiger partial charge in [-0.3, -0.25) is 4.79 Å². The number of nitrogens with zero attached hydrogens (tertiary/aromatic N) is 3. The molecular weight excluding hydrogens is 436 g/mol. The Balaban J connectivity index is 1.59. The first kappa shape index (κ1) is 23.3. The lowest BCUT2D eigenvalue weighted by Gasteiger charge is -2.40. The Kier molecular flexibility index (Phi) is 6.50. The van der Waals surface area contributed by atoms with Crippen LogP contribution in [0.3, 0.4) is 0 Å². The minimum absolute atomic E-state index is 0.0855. The molecule has 7 nitrogen and oxygen atoms in total. The van der Waals surface area contributed by atoms with E-state index in [1.807, 2.05) is 45.9 Å². The van der Waals surface area contributed by atoms with Crippen molar-refractivity contribution in [3.63, 3.8) is 0 Å². The van der Waals surface area contributed by atoms with Gasteiger partial charge in [0.15, 0.2) is 0 Å². The van der Waals surface area contributed by atoms with Gasteiger partial charge < -0.3 is 15.5 Å². The Morgan fingerprint density at radius 3 is 2.73 bits per heavy atom. The Labute approximate surface area is 198 Å². The van der Waals surface area contributed by atoms with Gasteiger partial charge in [-0.15, -0.1) is 11.3 Å². The van der Waals surface area contributed by atoms with Crippen LogP contribution in [0, 0.1) is 31.6 Å². The van der Waals surface area contributed by atoms with Crippen LogP contribution >= 0.6 is 11.3 Å². The molecule has 8 heteroatoms. The fraction of sp³-hybridized carbons (Fsp3) is 0.440. The zero-order valence-corrected chi connectivity index (χ0v) is 20.2. The largest absolute Gasteiger partial charge is 0.481 e. The van der Waals surface area contributed by atoms with Crippen LogP contribution in [0.2, 0.25) is 0 Å². The Morgan fingerprint density at radius 1 is 1.24 bits per heavy atom. The molecule has 3 N–H and O–H groups in total. The number of hydrogen-bond acceptors (Lipinski definition) is 7. The maximum absolute atomic E-state index is 11.7. The number of nitrogens with one attached hydrogen (secondary N) is 1. The third kappa shape index (κ3) is 5.07. The first-order valence-corrected chi connectivity index (χ1v) is 12.1. The van der Waals surface area contributed by atoms with Gasteiger partial charge in [-0.05, 0) is 74.3 Å². The fourth-order valence-corrected chi connectivity index (χ4v) is 5.73. The summed E-state index contributed by atoms with van der Waals surface area (Å²) in [5, 5.41) is 25.0. The predicted octanol–water partition coefficient (Wildman–Crippen LogP) is 5.31. The monoisotopic (exact) mass is 466 g/mol. The predicted molar refractivity (Wildman–Crippen MR) is 130 cm³/mol. The summed E-state index contributed by atoms with van der Waals surface area (Å²) in [6, 6.07) is 8.00. The second kappa shape index (κ2) is 9.19. The SMILES string of the molecule is Cc1cc(Nc2nccc(C)n2)cc(-c2cnc([C@]3(O)CC[C@@H](C(=O)O)[C@@H](C(C)C)C3)s2)c1. The molecule has 1 aliphatic carbocycles. The first-order chi connectivity index (χ1) is 15.6. The topological polar surface area (TPSA) is 108 Å². The van der Waals surface area contributed by atoms with E-state index in [2.05, 4.69) is 26.3 Å². The van der Waals surface area contributed by atoms with Gasteiger partial charge in [-0.25, -0.2) is 15.0 Å². The van der Waals surface area contributed by atoms with Gasteiger partial charge >= 0.3 is 5.97 Å². The van der Waals surface area contributed by atoms with Crippen molar-refractivity contribution in [1.82, 2.24) is 15.0 Å². The smallest absolute Gasteiger partial charge is 0.306 e. The van der Waals surface area contributed by atoms with Crippen molar-refractivity contribution in [3.8, 4) is 10.4 Å². The summed E-state index contributed by atoms with van der Waals surface area (Å²) in [5.41, 5.74) is 2.75. The van der Waals surface area contributed by atoms with Crippen LogP contribution in [-0.2, 0) is 10.4 Å². The number of benzene rings is 1. The molecule has 0 spiro atoms. The lowest BCUT2D eigenvalue weighted by molar-refractivity contribution is -0.150. The van der Waals surface area contributed by atoms with Crippen LogP contribution in [0.25, 0.3) is 10.4 Å². The molecule has 0 amide bonds. The highest BCUT2D eigenvalue weighted by molar-refractivity contribution is 7.15. The summed E-state index contributed by atoms with van der Waals surface area (Å²) in [6.07, 6.45) is 4.80. The first-order valence-electron chi connectivity index (χ1n) is 11.2. The maximum atomic E-state index is 11.7. The van der Waals surface area contributed by atoms with Crippen LogP contribution in [0.4, 0.5) is 11.6 Å². The van der Waals surface area contributed by atoms with Crippen LogP contribution in [0.5, 0.6) is 0 Å². The average molecular weight is 467 g/mol. The van der Waals surface area contributed by atoms with E-state index >= 15 is 0 Å². The van der Waals surface area contributed by atoms with E-state index in [0.29, 0.717) is 30.2 Å². The van der Waals surface area contributed by atoms with Gasteiger partial charge in [0.05, 0.1) is 10.8 Å². The standard InChI is InChI=1S/C25H30N4O3S/c1-14(2)20-12-25(32,7-5-19(20)22(30)31)23-27-13-21(33-23)17-9-15(3)10-18(11-17)29-24-26-8-6-16(4)28-24/h6,8-11,13-14,19-20,32H,5,7,12H2,1-4H3,(H,30,31)(H,26,28,29)/t19-,20-,25+/m1/s1. The molecule has 33 heavy (non-hydrogen) atoms. The van der Waals surface area contributed by atoms with E-state index in [-0.39, 0.29) is 11.8 Å². The number of rotatable bonds is 6. The third-order valence-corrected chi connectivity index (χ3v) is 7.69. The maximum Gasteiger partial charge on any atom is 0.306 e. The lowest BCUT2D eigenvalue weighted by Crippen LogP contribution is -2.41. The minimum Gasteiger partial charge on any atom is -0.481 e. The van der Waals surface area contributed by atoms with Crippen molar-refractivity contribution in [1.29, 1.82) is 0 Å². The number of carboxylic acids is 1.